The van der Waals surface area contributed by atoms with Crippen molar-refractivity contribution < 1.29 is 9.53 Å². The standard InChI is InChI=1S/C11H12ClN3O2/c1-11(2,3)17-10(16)6-4-13-8-7(6)14-5-15-9(8)12/h4-5,13H,1-3H3. The minimum atomic E-state index is -0.544. The molecule has 0 unspecified atom stereocenters. The Morgan fingerprint density at radius 3 is 2.76 bits per heavy atom. The molecule has 2 aromatic rings. The lowest BCUT2D eigenvalue weighted by molar-refractivity contribution is 0.00717. The molecule has 0 aromatic carbocycles. The summed E-state index contributed by atoms with van der Waals surface area (Å²) >= 11 is 5.87. The Bertz CT molecular complexity index is 572. The number of ether oxygens (including phenoxy) is 1. The summed E-state index contributed by atoms with van der Waals surface area (Å²) in [5.74, 6) is -0.432. The average Bonchev–Trinajstić information content (AvgIpc) is 2.60. The number of carbonyl (C=O) groups excluding carboxylic acids is 1. The predicted octanol–water partition coefficient (Wildman–Crippen LogP) is 2.57. The van der Waals surface area contributed by atoms with Crippen LogP contribution in [0.15, 0.2) is 12.5 Å². The number of hydrogen-bond acceptors (Lipinski definition) is 4. The van der Waals surface area contributed by atoms with Crippen LogP contribution in [0.3, 0.4) is 0 Å². The van der Waals surface area contributed by atoms with Crippen LogP contribution in [-0.4, -0.2) is 26.5 Å². The van der Waals surface area contributed by atoms with Gasteiger partial charge in [0, 0.05) is 6.20 Å². The zero-order valence-electron chi connectivity index (χ0n) is 9.74. The summed E-state index contributed by atoms with van der Waals surface area (Å²) in [5, 5.41) is 0.282. The fourth-order valence-corrected chi connectivity index (χ4v) is 1.59. The van der Waals surface area contributed by atoms with Gasteiger partial charge in [0.1, 0.15) is 28.5 Å². The van der Waals surface area contributed by atoms with Crippen LogP contribution in [-0.2, 0) is 4.74 Å². The highest BCUT2D eigenvalue weighted by Crippen LogP contribution is 2.23. The maximum absolute atomic E-state index is 11.9. The van der Waals surface area contributed by atoms with Gasteiger partial charge in [-0.1, -0.05) is 11.6 Å². The van der Waals surface area contributed by atoms with E-state index in [1.54, 1.807) is 0 Å². The van der Waals surface area contributed by atoms with Gasteiger partial charge in [0.15, 0.2) is 5.15 Å². The van der Waals surface area contributed by atoms with Gasteiger partial charge in [0.05, 0.1) is 0 Å². The molecule has 0 spiro atoms. The van der Waals surface area contributed by atoms with E-state index in [0.29, 0.717) is 16.6 Å². The maximum Gasteiger partial charge on any atom is 0.342 e. The Morgan fingerprint density at radius 1 is 1.41 bits per heavy atom. The monoisotopic (exact) mass is 253 g/mol. The van der Waals surface area contributed by atoms with Crippen molar-refractivity contribution in [2.24, 2.45) is 0 Å². The molecule has 17 heavy (non-hydrogen) atoms. The number of hydrogen-bond donors (Lipinski definition) is 1. The Kier molecular flexibility index (Phi) is 2.79. The summed E-state index contributed by atoms with van der Waals surface area (Å²) in [6.45, 7) is 5.42. The molecule has 0 radical (unpaired) electrons. The Labute approximate surface area is 103 Å². The molecule has 0 saturated heterocycles. The average molecular weight is 254 g/mol. The number of esters is 1. The van der Waals surface area contributed by atoms with E-state index in [1.165, 1.54) is 12.5 Å². The normalized spacial score (nSPS) is 11.8. The number of halogens is 1. The first-order valence-corrected chi connectivity index (χ1v) is 5.47. The molecule has 2 rings (SSSR count). The topological polar surface area (TPSA) is 67.9 Å². The first-order chi connectivity index (χ1) is 7.88. The van der Waals surface area contributed by atoms with Crippen molar-refractivity contribution >= 4 is 28.6 Å². The fraction of sp³-hybridized carbons (Fsp3) is 0.364. The SMILES string of the molecule is CC(C)(C)OC(=O)c1c[nH]c2c(Cl)ncnc12. The molecule has 6 heteroatoms. The zero-order chi connectivity index (χ0) is 12.6. The van der Waals surface area contributed by atoms with Gasteiger partial charge in [-0.3, -0.25) is 0 Å². The van der Waals surface area contributed by atoms with E-state index in [9.17, 15) is 4.79 Å². The van der Waals surface area contributed by atoms with Crippen LogP contribution in [0.2, 0.25) is 5.15 Å². The molecule has 0 aliphatic rings. The van der Waals surface area contributed by atoms with E-state index in [0.717, 1.165) is 0 Å². The lowest BCUT2D eigenvalue weighted by Crippen LogP contribution is -2.23. The Morgan fingerprint density at radius 2 is 2.12 bits per heavy atom. The third kappa shape index (κ3) is 2.39. The molecule has 1 N–H and O–H groups in total. The smallest absolute Gasteiger partial charge is 0.342 e. The first-order valence-electron chi connectivity index (χ1n) is 5.09. The number of rotatable bonds is 1. The van der Waals surface area contributed by atoms with E-state index in [2.05, 4.69) is 15.0 Å². The lowest BCUT2D eigenvalue weighted by Gasteiger charge is -2.18. The summed E-state index contributed by atoms with van der Waals surface area (Å²) < 4.78 is 5.27. The van der Waals surface area contributed by atoms with E-state index in [-0.39, 0.29) is 5.15 Å². The number of fused-ring (bicyclic) bond motifs is 1. The van der Waals surface area contributed by atoms with Crippen molar-refractivity contribution in [3.8, 4) is 0 Å². The minimum absolute atomic E-state index is 0.282. The van der Waals surface area contributed by atoms with Crippen LogP contribution in [0, 0.1) is 0 Å². The van der Waals surface area contributed by atoms with Crippen molar-refractivity contribution in [2.45, 2.75) is 26.4 Å². The van der Waals surface area contributed by atoms with Gasteiger partial charge in [-0.05, 0) is 20.8 Å². The van der Waals surface area contributed by atoms with Crippen LogP contribution < -0.4 is 0 Å². The van der Waals surface area contributed by atoms with Crippen LogP contribution in [0.25, 0.3) is 11.0 Å². The highest BCUT2D eigenvalue weighted by atomic mass is 35.5. The van der Waals surface area contributed by atoms with Gasteiger partial charge in [-0.2, -0.15) is 0 Å². The van der Waals surface area contributed by atoms with Crippen molar-refractivity contribution in [3.63, 3.8) is 0 Å². The van der Waals surface area contributed by atoms with Gasteiger partial charge in [0.25, 0.3) is 0 Å². The van der Waals surface area contributed by atoms with E-state index in [1.807, 2.05) is 20.8 Å². The van der Waals surface area contributed by atoms with Crippen molar-refractivity contribution in [1.82, 2.24) is 15.0 Å². The quantitative estimate of drug-likeness (QED) is 0.626. The summed E-state index contributed by atoms with van der Waals surface area (Å²) in [4.78, 5) is 22.6. The summed E-state index contributed by atoms with van der Waals surface area (Å²) in [6.07, 6.45) is 2.84. The number of aromatic nitrogens is 3. The highest BCUT2D eigenvalue weighted by molar-refractivity contribution is 6.34. The molecule has 0 aliphatic carbocycles. The summed E-state index contributed by atoms with van der Waals surface area (Å²) in [6, 6.07) is 0. The maximum atomic E-state index is 11.9. The molecule has 0 fully saturated rings. The molecule has 0 amide bonds. The molecule has 2 aromatic heterocycles. The fourth-order valence-electron chi connectivity index (χ4n) is 1.40. The number of carbonyl (C=O) groups is 1. The van der Waals surface area contributed by atoms with E-state index in [4.69, 9.17) is 16.3 Å². The summed E-state index contributed by atoms with van der Waals surface area (Å²) in [7, 11) is 0. The van der Waals surface area contributed by atoms with Crippen molar-refractivity contribution in [2.75, 3.05) is 0 Å². The molecular weight excluding hydrogens is 242 g/mol. The highest BCUT2D eigenvalue weighted by Gasteiger charge is 2.21. The number of nitrogens with one attached hydrogen (secondary N) is 1. The largest absolute Gasteiger partial charge is 0.456 e. The molecule has 5 nitrogen and oxygen atoms in total. The second-order valence-electron chi connectivity index (χ2n) is 4.59. The van der Waals surface area contributed by atoms with Crippen LogP contribution in [0.5, 0.6) is 0 Å². The molecule has 90 valence electrons. The third-order valence-electron chi connectivity index (χ3n) is 2.04. The Hall–Kier alpha value is -1.62. The zero-order valence-corrected chi connectivity index (χ0v) is 10.5. The van der Waals surface area contributed by atoms with E-state index >= 15 is 0 Å². The van der Waals surface area contributed by atoms with Gasteiger partial charge >= 0.3 is 5.97 Å². The number of H-pyrrole nitrogens is 1. The molecule has 0 aliphatic heterocycles. The predicted molar refractivity (Wildman–Crippen MR) is 64.1 cm³/mol. The molecule has 0 atom stereocenters. The van der Waals surface area contributed by atoms with Gasteiger partial charge in [-0.15, -0.1) is 0 Å². The first kappa shape index (κ1) is 11.9. The van der Waals surface area contributed by atoms with Gasteiger partial charge in [0.2, 0.25) is 0 Å². The van der Waals surface area contributed by atoms with E-state index < -0.39 is 11.6 Å². The molecular formula is C11H12ClN3O2. The van der Waals surface area contributed by atoms with Gasteiger partial charge < -0.3 is 9.72 Å². The number of nitrogens with zero attached hydrogens (tertiary/aromatic N) is 2. The van der Waals surface area contributed by atoms with Crippen LogP contribution in [0.4, 0.5) is 0 Å². The van der Waals surface area contributed by atoms with Gasteiger partial charge in [-0.25, -0.2) is 14.8 Å². The third-order valence-corrected chi connectivity index (χ3v) is 2.32. The molecule has 0 bridgehead atoms. The lowest BCUT2D eigenvalue weighted by atomic mass is 10.2. The van der Waals surface area contributed by atoms with Crippen molar-refractivity contribution in [3.05, 3.63) is 23.2 Å². The second-order valence-corrected chi connectivity index (χ2v) is 4.95. The minimum Gasteiger partial charge on any atom is -0.456 e. The molecule has 0 saturated carbocycles. The molecule has 2 heterocycles. The second kappa shape index (κ2) is 4.00. The van der Waals surface area contributed by atoms with Crippen LogP contribution in [0.1, 0.15) is 31.1 Å². The Balaban J connectivity index is 2.43. The van der Waals surface area contributed by atoms with Crippen LogP contribution >= 0.6 is 11.6 Å². The van der Waals surface area contributed by atoms with Crippen molar-refractivity contribution in [1.29, 1.82) is 0 Å². The summed E-state index contributed by atoms with van der Waals surface area (Å²) in [5.41, 5.74) is 0.825. The number of aromatic amines is 1.